The van der Waals surface area contributed by atoms with Gasteiger partial charge in [0.15, 0.2) is 0 Å². The number of hydrogen-bond acceptors (Lipinski definition) is 5. The largest absolute Gasteiger partial charge is 0.362 e. The number of nitrogen functional groups attached to an aromatic ring is 1. The van der Waals surface area contributed by atoms with Crippen LogP contribution in [0.4, 0.5) is 4.39 Å². The molecule has 8 heteroatoms. The van der Waals surface area contributed by atoms with E-state index in [9.17, 15) is 18.8 Å². The third-order valence-electron chi connectivity index (χ3n) is 2.82. The van der Waals surface area contributed by atoms with Crippen LogP contribution in [0.2, 0.25) is 0 Å². The molecule has 0 radical (unpaired) electrons. The van der Waals surface area contributed by atoms with E-state index in [-0.39, 0.29) is 30.9 Å². The van der Waals surface area contributed by atoms with E-state index in [1.54, 1.807) is 0 Å². The predicted octanol–water partition coefficient (Wildman–Crippen LogP) is -0.685. The highest BCUT2D eigenvalue weighted by atomic mass is 19.1. The van der Waals surface area contributed by atoms with Crippen molar-refractivity contribution < 1.29 is 23.5 Å². The maximum Gasteiger partial charge on any atom is 0.265 e. The lowest BCUT2D eigenvalue weighted by atomic mass is 10.1. The number of ether oxygens (including phenoxy) is 1. The number of carbonyl (C=O) groups excluding carboxylic acids is 3. The van der Waals surface area contributed by atoms with Gasteiger partial charge in [0, 0.05) is 11.1 Å². The molecule has 1 aliphatic heterocycles. The van der Waals surface area contributed by atoms with Gasteiger partial charge >= 0.3 is 0 Å². The topological polar surface area (TPSA) is 102 Å². The van der Waals surface area contributed by atoms with Gasteiger partial charge in [0.1, 0.15) is 19.0 Å². The molecule has 3 amide bonds. The van der Waals surface area contributed by atoms with Crippen molar-refractivity contribution in [3.8, 4) is 0 Å². The summed E-state index contributed by atoms with van der Waals surface area (Å²) in [6.07, 6.45) is 0. The SMILES string of the molecule is NNC(=O)c1ccc(F)c(CN2C(=O)COCC2=O)c1. The maximum absolute atomic E-state index is 13.7. The number of morpholine rings is 1. The molecule has 0 aliphatic carbocycles. The molecule has 1 aromatic carbocycles. The third-order valence-corrected chi connectivity index (χ3v) is 2.82. The Hall–Kier alpha value is -2.32. The first-order chi connectivity index (χ1) is 9.52. The summed E-state index contributed by atoms with van der Waals surface area (Å²) in [4.78, 5) is 35.4. The molecule has 0 spiro atoms. The molecular formula is C12H12FN3O4. The van der Waals surface area contributed by atoms with Gasteiger partial charge in [-0.15, -0.1) is 0 Å². The summed E-state index contributed by atoms with van der Waals surface area (Å²) in [5, 5.41) is 0. The van der Waals surface area contributed by atoms with Crippen molar-refractivity contribution in [3.05, 3.63) is 35.1 Å². The molecule has 1 saturated heterocycles. The van der Waals surface area contributed by atoms with Crippen LogP contribution in [0.15, 0.2) is 18.2 Å². The van der Waals surface area contributed by atoms with Crippen molar-refractivity contribution in [3.63, 3.8) is 0 Å². The minimum Gasteiger partial charge on any atom is -0.362 e. The summed E-state index contributed by atoms with van der Waals surface area (Å²) in [6.45, 7) is -0.703. The van der Waals surface area contributed by atoms with Crippen LogP contribution >= 0.6 is 0 Å². The van der Waals surface area contributed by atoms with Gasteiger partial charge < -0.3 is 4.74 Å². The number of amides is 3. The van der Waals surface area contributed by atoms with Gasteiger partial charge in [-0.25, -0.2) is 10.2 Å². The Morgan fingerprint density at radius 2 is 2.00 bits per heavy atom. The molecule has 20 heavy (non-hydrogen) atoms. The van der Waals surface area contributed by atoms with E-state index in [0.717, 1.165) is 11.0 Å². The van der Waals surface area contributed by atoms with Gasteiger partial charge in [0.05, 0.1) is 6.54 Å². The number of hydrazine groups is 1. The Morgan fingerprint density at radius 3 is 2.60 bits per heavy atom. The summed E-state index contributed by atoms with van der Waals surface area (Å²) in [5.74, 6) is 2.69. The van der Waals surface area contributed by atoms with Crippen molar-refractivity contribution in [2.45, 2.75) is 6.54 Å². The zero-order valence-corrected chi connectivity index (χ0v) is 10.4. The molecule has 106 valence electrons. The van der Waals surface area contributed by atoms with E-state index in [1.807, 2.05) is 5.43 Å². The second-order valence-corrected chi connectivity index (χ2v) is 4.15. The Bertz CT molecular complexity index is 560. The second kappa shape index (κ2) is 5.76. The molecule has 1 fully saturated rings. The van der Waals surface area contributed by atoms with E-state index in [4.69, 9.17) is 10.6 Å². The smallest absolute Gasteiger partial charge is 0.265 e. The van der Waals surface area contributed by atoms with E-state index >= 15 is 0 Å². The van der Waals surface area contributed by atoms with E-state index in [0.29, 0.717) is 0 Å². The molecule has 0 unspecified atom stereocenters. The van der Waals surface area contributed by atoms with Crippen molar-refractivity contribution in [1.29, 1.82) is 0 Å². The van der Waals surface area contributed by atoms with Crippen molar-refractivity contribution >= 4 is 17.7 Å². The number of nitrogens with one attached hydrogen (secondary N) is 1. The molecule has 0 bridgehead atoms. The minimum atomic E-state index is -0.620. The van der Waals surface area contributed by atoms with Crippen LogP contribution in [0.25, 0.3) is 0 Å². The normalized spacial score (nSPS) is 15.4. The van der Waals surface area contributed by atoms with E-state index in [1.165, 1.54) is 12.1 Å². The van der Waals surface area contributed by atoms with Crippen LogP contribution in [0, 0.1) is 5.82 Å². The molecule has 0 aromatic heterocycles. The molecule has 7 nitrogen and oxygen atoms in total. The highest BCUT2D eigenvalue weighted by Crippen LogP contribution is 2.15. The fourth-order valence-corrected chi connectivity index (χ4v) is 1.79. The summed E-state index contributed by atoms with van der Waals surface area (Å²) in [6, 6.07) is 3.58. The Balaban J connectivity index is 2.25. The molecule has 2 rings (SSSR count). The Labute approximate surface area is 113 Å². The summed E-state index contributed by atoms with van der Waals surface area (Å²) < 4.78 is 18.5. The standard InChI is InChI=1S/C12H12FN3O4/c13-9-2-1-7(12(19)15-14)3-8(9)4-16-10(17)5-20-6-11(16)18/h1-3H,4-6,14H2,(H,15,19). The second-order valence-electron chi connectivity index (χ2n) is 4.15. The van der Waals surface area contributed by atoms with Gasteiger partial charge in [-0.3, -0.25) is 24.7 Å². The van der Waals surface area contributed by atoms with Crippen LogP contribution < -0.4 is 11.3 Å². The number of hydrogen-bond donors (Lipinski definition) is 2. The monoisotopic (exact) mass is 281 g/mol. The van der Waals surface area contributed by atoms with Gasteiger partial charge in [-0.2, -0.15) is 0 Å². The van der Waals surface area contributed by atoms with Crippen LogP contribution in [-0.2, 0) is 20.9 Å². The first-order valence-corrected chi connectivity index (χ1v) is 5.73. The fourth-order valence-electron chi connectivity index (χ4n) is 1.79. The number of benzene rings is 1. The fraction of sp³-hybridized carbons (Fsp3) is 0.250. The number of nitrogens with two attached hydrogens (primary N) is 1. The Morgan fingerprint density at radius 1 is 1.35 bits per heavy atom. The number of rotatable bonds is 3. The number of halogens is 1. The zero-order chi connectivity index (χ0) is 14.7. The van der Waals surface area contributed by atoms with Crippen molar-refractivity contribution in [1.82, 2.24) is 10.3 Å². The summed E-state index contributed by atoms with van der Waals surface area (Å²) >= 11 is 0. The first kappa shape index (κ1) is 14.1. The average molecular weight is 281 g/mol. The van der Waals surface area contributed by atoms with Gasteiger partial charge in [-0.05, 0) is 18.2 Å². The quantitative estimate of drug-likeness (QED) is 0.330. The summed E-state index contributed by atoms with van der Waals surface area (Å²) in [5.41, 5.74) is 2.11. The lowest BCUT2D eigenvalue weighted by molar-refractivity contribution is -0.159. The lowest BCUT2D eigenvalue weighted by Crippen LogP contribution is -2.45. The molecule has 0 atom stereocenters. The molecule has 1 aromatic rings. The van der Waals surface area contributed by atoms with E-state index in [2.05, 4.69) is 0 Å². The molecule has 1 heterocycles. The molecule has 0 saturated carbocycles. The van der Waals surface area contributed by atoms with Gasteiger partial charge in [-0.1, -0.05) is 0 Å². The van der Waals surface area contributed by atoms with Crippen LogP contribution in [-0.4, -0.2) is 35.8 Å². The first-order valence-electron chi connectivity index (χ1n) is 5.73. The molecule has 3 N–H and O–H groups in total. The third kappa shape index (κ3) is 2.81. The average Bonchev–Trinajstić information content (AvgIpc) is 2.44. The van der Waals surface area contributed by atoms with Gasteiger partial charge in [0.2, 0.25) is 0 Å². The zero-order valence-electron chi connectivity index (χ0n) is 10.4. The number of imide groups is 1. The number of carbonyl (C=O) groups is 3. The van der Waals surface area contributed by atoms with Gasteiger partial charge in [0.25, 0.3) is 17.7 Å². The van der Waals surface area contributed by atoms with Crippen molar-refractivity contribution in [2.24, 2.45) is 5.84 Å². The molecular weight excluding hydrogens is 269 g/mol. The Kier molecular flexibility index (Phi) is 4.06. The van der Waals surface area contributed by atoms with Crippen LogP contribution in [0.1, 0.15) is 15.9 Å². The highest BCUT2D eigenvalue weighted by Gasteiger charge is 2.27. The lowest BCUT2D eigenvalue weighted by Gasteiger charge is -2.25. The van der Waals surface area contributed by atoms with Crippen LogP contribution in [0.3, 0.4) is 0 Å². The number of nitrogens with zero attached hydrogens (tertiary/aromatic N) is 1. The maximum atomic E-state index is 13.7. The van der Waals surface area contributed by atoms with Crippen molar-refractivity contribution in [2.75, 3.05) is 13.2 Å². The molecule has 1 aliphatic rings. The van der Waals surface area contributed by atoms with E-state index < -0.39 is 23.5 Å². The van der Waals surface area contributed by atoms with Crippen LogP contribution in [0.5, 0.6) is 0 Å². The minimum absolute atomic E-state index is 0.0506. The highest BCUT2D eigenvalue weighted by molar-refractivity contribution is 5.98. The summed E-state index contributed by atoms with van der Waals surface area (Å²) in [7, 11) is 0. The predicted molar refractivity (Wildman–Crippen MR) is 64.4 cm³/mol.